The van der Waals surface area contributed by atoms with Crippen molar-refractivity contribution in [2.24, 2.45) is 10.9 Å². The van der Waals surface area contributed by atoms with E-state index in [4.69, 9.17) is 14.2 Å². The molecule has 1 aromatic rings. The fourth-order valence-corrected chi connectivity index (χ4v) is 3.01. The maximum Gasteiger partial charge on any atom is 0.193 e. The molecule has 140 valence electrons. The van der Waals surface area contributed by atoms with Crippen molar-refractivity contribution in [3.8, 4) is 5.75 Å². The van der Waals surface area contributed by atoms with Gasteiger partial charge >= 0.3 is 0 Å². The smallest absolute Gasteiger partial charge is 0.193 e. The van der Waals surface area contributed by atoms with Gasteiger partial charge in [0.15, 0.2) is 5.96 Å². The van der Waals surface area contributed by atoms with Crippen LogP contribution in [0.5, 0.6) is 5.75 Å². The molecule has 0 amide bonds. The molecule has 0 aromatic heterocycles. The van der Waals surface area contributed by atoms with Gasteiger partial charge in [-0.05, 0) is 30.7 Å². The highest BCUT2D eigenvalue weighted by molar-refractivity contribution is 9.10. The highest BCUT2D eigenvalue weighted by Gasteiger charge is 2.24. The first-order valence-electron chi connectivity index (χ1n) is 8.63. The molecule has 1 unspecified atom stereocenters. The lowest BCUT2D eigenvalue weighted by atomic mass is 10.1. The van der Waals surface area contributed by atoms with Gasteiger partial charge in [-0.3, -0.25) is 4.99 Å². The number of likely N-dealkylation sites (tertiary alicyclic amines) is 1. The van der Waals surface area contributed by atoms with Crippen molar-refractivity contribution in [1.29, 1.82) is 0 Å². The van der Waals surface area contributed by atoms with Crippen LogP contribution in [0.3, 0.4) is 0 Å². The Kier molecular flexibility index (Phi) is 9.07. The first-order chi connectivity index (χ1) is 12.2. The van der Waals surface area contributed by atoms with Crippen LogP contribution in [0, 0.1) is 5.92 Å². The van der Waals surface area contributed by atoms with Crippen molar-refractivity contribution in [3.05, 3.63) is 28.7 Å². The molecular formula is C18H28BrN3O3. The average Bonchev–Trinajstić information content (AvgIpc) is 3.09. The largest absolute Gasteiger partial charge is 0.492 e. The molecule has 1 heterocycles. The molecule has 0 aliphatic carbocycles. The van der Waals surface area contributed by atoms with Crippen LogP contribution in [0.1, 0.15) is 6.42 Å². The van der Waals surface area contributed by atoms with E-state index in [0.29, 0.717) is 32.3 Å². The predicted octanol–water partition coefficient (Wildman–Crippen LogP) is 2.39. The lowest BCUT2D eigenvalue weighted by molar-refractivity contribution is 0.0536. The molecule has 25 heavy (non-hydrogen) atoms. The zero-order chi connectivity index (χ0) is 17.9. The topological polar surface area (TPSA) is 55.3 Å². The summed E-state index contributed by atoms with van der Waals surface area (Å²) < 4.78 is 17.4. The van der Waals surface area contributed by atoms with Crippen molar-refractivity contribution in [3.63, 3.8) is 0 Å². The summed E-state index contributed by atoms with van der Waals surface area (Å²) in [4.78, 5) is 6.66. The summed E-state index contributed by atoms with van der Waals surface area (Å²) >= 11 is 3.42. The summed E-state index contributed by atoms with van der Waals surface area (Å²) in [5, 5.41) is 3.37. The molecule has 0 radical (unpaired) electrons. The number of ether oxygens (including phenoxy) is 3. The van der Waals surface area contributed by atoms with E-state index in [1.807, 2.05) is 31.3 Å². The van der Waals surface area contributed by atoms with E-state index in [1.54, 1.807) is 7.11 Å². The molecular weight excluding hydrogens is 386 g/mol. The minimum Gasteiger partial charge on any atom is -0.492 e. The molecule has 1 fully saturated rings. The SMILES string of the molecule is CN=C(NCCOc1ccc(Br)cc1)N1CCC(COCCOC)C1. The summed E-state index contributed by atoms with van der Waals surface area (Å²) in [5.74, 6) is 2.35. The van der Waals surface area contributed by atoms with E-state index in [2.05, 4.69) is 31.1 Å². The third kappa shape index (κ3) is 7.22. The highest BCUT2D eigenvalue weighted by atomic mass is 79.9. The number of aliphatic imine (C=N–C) groups is 1. The minimum atomic E-state index is 0.550. The summed E-state index contributed by atoms with van der Waals surface area (Å²) in [6.45, 7) is 5.38. The summed E-state index contributed by atoms with van der Waals surface area (Å²) in [5.41, 5.74) is 0. The molecule has 1 atom stereocenters. The molecule has 1 aliphatic rings. The van der Waals surface area contributed by atoms with E-state index in [1.165, 1.54) is 0 Å². The van der Waals surface area contributed by atoms with Gasteiger partial charge in [-0.15, -0.1) is 0 Å². The number of hydrogen-bond acceptors (Lipinski definition) is 4. The maximum atomic E-state index is 5.73. The number of halogens is 1. The van der Waals surface area contributed by atoms with Crippen molar-refractivity contribution in [2.75, 3.05) is 60.2 Å². The molecule has 1 aliphatic heterocycles. The number of hydrogen-bond donors (Lipinski definition) is 1. The van der Waals surface area contributed by atoms with Crippen molar-refractivity contribution < 1.29 is 14.2 Å². The molecule has 1 saturated heterocycles. The second kappa shape index (κ2) is 11.3. The zero-order valence-corrected chi connectivity index (χ0v) is 16.6. The van der Waals surface area contributed by atoms with Crippen molar-refractivity contribution in [1.82, 2.24) is 10.2 Å². The van der Waals surface area contributed by atoms with Crippen LogP contribution in [0.4, 0.5) is 0 Å². The van der Waals surface area contributed by atoms with Gasteiger partial charge in [0.1, 0.15) is 12.4 Å². The second-order valence-corrected chi connectivity index (χ2v) is 6.86. The summed E-state index contributed by atoms with van der Waals surface area (Å²) in [7, 11) is 3.51. The molecule has 0 saturated carbocycles. The molecule has 7 heteroatoms. The minimum absolute atomic E-state index is 0.550. The fourth-order valence-electron chi connectivity index (χ4n) is 2.75. The number of benzene rings is 1. The van der Waals surface area contributed by atoms with Crippen LogP contribution in [-0.2, 0) is 9.47 Å². The van der Waals surface area contributed by atoms with Gasteiger partial charge in [0.25, 0.3) is 0 Å². The molecule has 0 spiro atoms. The van der Waals surface area contributed by atoms with Gasteiger partial charge in [0, 0.05) is 37.6 Å². The number of nitrogens with one attached hydrogen (secondary N) is 1. The van der Waals surface area contributed by atoms with Gasteiger partial charge in [0.2, 0.25) is 0 Å². The number of methoxy groups -OCH3 is 1. The van der Waals surface area contributed by atoms with E-state index in [9.17, 15) is 0 Å². The average molecular weight is 414 g/mol. The van der Waals surface area contributed by atoms with E-state index >= 15 is 0 Å². The van der Waals surface area contributed by atoms with Crippen LogP contribution in [-0.4, -0.2) is 71.1 Å². The summed E-state index contributed by atoms with van der Waals surface area (Å²) in [6.07, 6.45) is 1.13. The normalized spacial score (nSPS) is 17.8. The number of rotatable bonds is 9. The summed E-state index contributed by atoms with van der Waals surface area (Å²) in [6, 6.07) is 7.85. The van der Waals surface area contributed by atoms with Crippen LogP contribution in [0.2, 0.25) is 0 Å². The van der Waals surface area contributed by atoms with Gasteiger partial charge in [-0.2, -0.15) is 0 Å². The predicted molar refractivity (Wildman–Crippen MR) is 103 cm³/mol. The van der Waals surface area contributed by atoms with Crippen molar-refractivity contribution in [2.45, 2.75) is 6.42 Å². The Labute approximate surface area is 158 Å². The molecule has 2 rings (SSSR count). The number of nitrogens with zero attached hydrogens (tertiary/aromatic N) is 2. The van der Waals surface area contributed by atoms with E-state index < -0.39 is 0 Å². The molecule has 0 bridgehead atoms. The number of guanidine groups is 1. The Hall–Kier alpha value is -1.31. The van der Waals surface area contributed by atoms with Gasteiger partial charge in [-0.25, -0.2) is 0 Å². The Morgan fingerprint density at radius 1 is 1.28 bits per heavy atom. The van der Waals surface area contributed by atoms with Crippen LogP contribution >= 0.6 is 15.9 Å². The molecule has 6 nitrogen and oxygen atoms in total. The lowest BCUT2D eigenvalue weighted by Gasteiger charge is -2.21. The van der Waals surface area contributed by atoms with Gasteiger partial charge < -0.3 is 24.4 Å². The van der Waals surface area contributed by atoms with Gasteiger partial charge in [-0.1, -0.05) is 15.9 Å². The molecule has 1 N–H and O–H groups in total. The van der Waals surface area contributed by atoms with Gasteiger partial charge in [0.05, 0.1) is 26.4 Å². The van der Waals surface area contributed by atoms with Crippen LogP contribution in [0.15, 0.2) is 33.7 Å². The Morgan fingerprint density at radius 2 is 2.08 bits per heavy atom. The zero-order valence-electron chi connectivity index (χ0n) is 15.0. The Morgan fingerprint density at radius 3 is 2.80 bits per heavy atom. The van der Waals surface area contributed by atoms with E-state index in [-0.39, 0.29) is 0 Å². The van der Waals surface area contributed by atoms with Crippen LogP contribution < -0.4 is 10.1 Å². The fraction of sp³-hybridized carbons (Fsp3) is 0.611. The first kappa shape index (κ1) is 20.0. The standard InChI is InChI=1S/C18H28BrN3O3/c1-20-18(21-8-10-25-17-5-3-16(19)4-6-17)22-9-7-15(13-22)14-24-12-11-23-2/h3-6,15H,7-14H2,1-2H3,(H,20,21). The monoisotopic (exact) mass is 413 g/mol. The van der Waals surface area contributed by atoms with Crippen molar-refractivity contribution >= 4 is 21.9 Å². The first-order valence-corrected chi connectivity index (χ1v) is 9.43. The Balaban J connectivity index is 1.64. The highest BCUT2D eigenvalue weighted by Crippen LogP contribution is 2.17. The molecule has 1 aromatic carbocycles. The van der Waals surface area contributed by atoms with E-state index in [0.717, 1.165) is 42.3 Å². The Bertz CT molecular complexity index is 525. The third-order valence-electron chi connectivity index (χ3n) is 4.05. The maximum absolute atomic E-state index is 5.73. The second-order valence-electron chi connectivity index (χ2n) is 5.94. The van der Waals surface area contributed by atoms with Crippen LogP contribution in [0.25, 0.3) is 0 Å². The lowest BCUT2D eigenvalue weighted by Crippen LogP contribution is -2.41. The quantitative estimate of drug-likeness (QED) is 0.382. The third-order valence-corrected chi connectivity index (χ3v) is 4.58.